The lowest BCUT2D eigenvalue weighted by Crippen LogP contribution is -2.43. The van der Waals surface area contributed by atoms with Gasteiger partial charge in [0, 0.05) is 17.0 Å². The van der Waals surface area contributed by atoms with Crippen LogP contribution in [0.3, 0.4) is 0 Å². The molecule has 0 radical (unpaired) electrons. The van der Waals surface area contributed by atoms with Gasteiger partial charge in [-0.1, -0.05) is 0 Å². The predicted molar refractivity (Wildman–Crippen MR) is 104 cm³/mol. The van der Waals surface area contributed by atoms with E-state index in [2.05, 4.69) is 5.32 Å². The van der Waals surface area contributed by atoms with E-state index < -0.39 is 23.7 Å². The Morgan fingerprint density at radius 1 is 1.14 bits per heavy atom. The van der Waals surface area contributed by atoms with Crippen LogP contribution in [-0.4, -0.2) is 23.7 Å². The second-order valence-electron chi connectivity index (χ2n) is 8.00. The Bertz CT molecular complexity index is 969. The third-order valence-corrected chi connectivity index (χ3v) is 4.50. The average molecular weight is 387 g/mol. The van der Waals surface area contributed by atoms with Gasteiger partial charge in [-0.3, -0.25) is 0 Å². The molecule has 0 spiro atoms. The Balaban J connectivity index is 1.74. The highest BCUT2D eigenvalue weighted by molar-refractivity contribution is 5.85. The van der Waals surface area contributed by atoms with Crippen molar-refractivity contribution in [1.82, 2.24) is 5.32 Å². The Morgan fingerprint density at radius 2 is 1.82 bits per heavy atom. The minimum Gasteiger partial charge on any atom is -0.444 e. The minimum atomic E-state index is -0.902. The van der Waals surface area contributed by atoms with Gasteiger partial charge < -0.3 is 19.2 Å². The first-order chi connectivity index (χ1) is 13.1. The number of fused-ring (bicyclic) bond motifs is 3. The number of esters is 1. The lowest BCUT2D eigenvalue weighted by atomic mass is 9.91. The fraction of sp³-hybridized carbons (Fsp3) is 0.476. The smallest absolute Gasteiger partial charge is 0.408 e. The number of aryl methyl sites for hydroxylation is 1. The maximum Gasteiger partial charge on any atom is 0.408 e. The molecule has 28 heavy (non-hydrogen) atoms. The van der Waals surface area contributed by atoms with E-state index in [0.717, 1.165) is 42.2 Å². The maximum atomic E-state index is 12.3. The summed E-state index contributed by atoms with van der Waals surface area (Å²) in [5.41, 5.74) is 1.17. The SMILES string of the molecule is C[C@H](NC(=O)OC(C)(C)C)C(=O)Oc1ccc2c3c(c(=O)oc2c1)CCCC3. The Labute approximate surface area is 163 Å². The molecule has 1 amide bonds. The molecule has 0 saturated heterocycles. The molecule has 1 heterocycles. The molecular formula is C21H25NO6. The monoisotopic (exact) mass is 387 g/mol. The van der Waals surface area contributed by atoms with Crippen LogP contribution in [0.15, 0.2) is 27.4 Å². The van der Waals surface area contributed by atoms with Gasteiger partial charge in [0.15, 0.2) is 0 Å². The molecule has 1 atom stereocenters. The summed E-state index contributed by atoms with van der Waals surface area (Å²) in [5, 5.41) is 3.30. The number of ether oxygens (including phenoxy) is 2. The average Bonchev–Trinajstić information content (AvgIpc) is 2.60. The van der Waals surface area contributed by atoms with E-state index in [9.17, 15) is 14.4 Å². The molecule has 7 nitrogen and oxygen atoms in total. The Kier molecular flexibility index (Phi) is 5.45. The molecule has 0 fully saturated rings. The van der Waals surface area contributed by atoms with E-state index in [1.807, 2.05) is 0 Å². The van der Waals surface area contributed by atoms with Crippen molar-refractivity contribution in [3.05, 3.63) is 39.7 Å². The second kappa shape index (κ2) is 7.66. The number of amides is 1. The summed E-state index contributed by atoms with van der Waals surface area (Å²) in [6.45, 7) is 6.70. The molecule has 1 aliphatic rings. The van der Waals surface area contributed by atoms with Crippen LogP contribution in [0.5, 0.6) is 5.75 Å². The third kappa shape index (κ3) is 4.52. The third-order valence-electron chi connectivity index (χ3n) is 4.50. The summed E-state index contributed by atoms with van der Waals surface area (Å²) in [4.78, 5) is 36.3. The number of hydrogen-bond acceptors (Lipinski definition) is 6. The van der Waals surface area contributed by atoms with Crippen LogP contribution >= 0.6 is 0 Å². The largest absolute Gasteiger partial charge is 0.444 e. The van der Waals surface area contributed by atoms with Gasteiger partial charge in [0.05, 0.1) is 0 Å². The molecular weight excluding hydrogens is 362 g/mol. The van der Waals surface area contributed by atoms with Crippen molar-refractivity contribution < 1.29 is 23.5 Å². The van der Waals surface area contributed by atoms with E-state index >= 15 is 0 Å². The van der Waals surface area contributed by atoms with Gasteiger partial charge in [-0.2, -0.15) is 0 Å². The van der Waals surface area contributed by atoms with Crippen molar-refractivity contribution >= 4 is 23.0 Å². The standard InChI is InChI=1S/C21H25NO6/c1-12(22-20(25)28-21(2,3)4)18(23)26-13-9-10-15-14-7-5-6-8-16(14)19(24)27-17(15)11-13/h9-12H,5-8H2,1-4H3,(H,22,25)/t12-/m0/s1. The van der Waals surface area contributed by atoms with E-state index in [1.165, 1.54) is 13.0 Å². The molecule has 7 heteroatoms. The van der Waals surface area contributed by atoms with Crippen molar-refractivity contribution in [2.45, 2.75) is 65.0 Å². The Hall–Kier alpha value is -2.83. The van der Waals surface area contributed by atoms with Crippen LogP contribution in [-0.2, 0) is 22.4 Å². The Morgan fingerprint density at radius 3 is 2.50 bits per heavy atom. The number of carbonyl (C=O) groups excluding carboxylic acids is 2. The zero-order chi connectivity index (χ0) is 20.5. The van der Waals surface area contributed by atoms with E-state index in [-0.39, 0.29) is 11.4 Å². The predicted octanol–water partition coefficient (Wildman–Crippen LogP) is 3.49. The first kappa shape index (κ1) is 19.9. The van der Waals surface area contributed by atoms with Gasteiger partial charge in [0.1, 0.15) is 23.0 Å². The first-order valence-corrected chi connectivity index (χ1v) is 9.44. The summed E-state index contributed by atoms with van der Waals surface area (Å²) < 4.78 is 15.9. The van der Waals surface area contributed by atoms with Gasteiger partial charge in [-0.15, -0.1) is 0 Å². The molecule has 1 N–H and O–H groups in total. The summed E-state index contributed by atoms with van der Waals surface area (Å²) in [6, 6.07) is 4.09. The van der Waals surface area contributed by atoms with Crippen LogP contribution in [0.1, 0.15) is 51.7 Å². The highest BCUT2D eigenvalue weighted by atomic mass is 16.6. The summed E-state index contributed by atoms with van der Waals surface area (Å²) in [6.07, 6.45) is 2.90. The molecule has 3 rings (SSSR count). The number of benzene rings is 1. The molecule has 0 saturated carbocycles. The molecule has 1 aromatic carbocycles. The van der Waals surface area contributed by atoms with Crippen molar-refractivity contribution in [3.63, 3.8) is 0 Å². The highest BCUT2D eigenvalue weighted by Gasteiger charge is 2.23. The zero-order valence-electron chi connectivity index (χ0n) is 16.6. The topological polar surface area (TPSA) is 94.8 Å². The number of hydrogen-bond donors (Lipinski definition) is 1. The van der Waals surface area contributed by atoms with Crippen LogP contribution in [0.25, 0.3) is 11.0 Å². The molecule has 0 unspecified atom stereocenters. The van der Waals surface area contributed by atoms with Gasteiger partial charge in [-0.25, -0.2) is 14.4 Å². The number of carbonyl (C=O) groups is 2. The minimum absolute atomic E-state index is 0.245. The lowest BCUT2D eigenvalue weighted by molar-refractivity contribution is -0.136. The highest BCUT2D eigenvalue weighted by Crippen LogP contribution is 2.29. The van der Waals surface area contributed by atoms with Gasteiger partial charge >= 0.3 is 17.7 Å². The molecule has 0 aliphatic heterocycles. The zero-order valence-corrected chi connectivity index (χ0v) is 16.6. The first-order valence-electron chi connectivity index (χ1n) is 9.44. The maximum absolute atomic E-state index is 12.3. The van der Waals surface area contributed by atoms with Crippen molar-refractivity contribution in [1.29, 1.82) is 0 Å². The van der Waals surface area contributed by atoms with Crippen LogP contribution in [0, 0.1) is 0 Å². The lowest BCUT2D eigenvalue weighted by Gasteiger charge is -2.21. The second-order valence-corrected chi connectivity index (χ2v) is 8.00. The van der Waals surface area contributed by atoms with Crippen molar-refractivity contribution in [2.24, 2.45) is 0 Å². The molecule has 0 bridgehead atoms. The normalized spacial score (nSPS) is 14.9. The van der Waals surface area contributed by atoms with Crippen LogP contribution in [0.2, 0.25) is 0 Å². The van der Waals surface area contributed by atoms with E-state index in [1.54, 1.807) is 32.9 Å². The molecule has 2 aromatic rings. The fourth-order valence-electron chi connectivity index (χ4n) is 3.24. The molecule has 150 valence electrons. The molecule has 1 aliphatic carbocycles. The summed E-state index contributed by atoms with van der Waals surface area (Å²) in [7, 11) is 0. The number of nitrogens with one attached hydrogen (secondary N) is 1. The quantitative estimate of drug-likeness (QED) is 0.492. The van der Waals surface area contributed by atoms with Crippen LogP contribution in [0.4, 0.5) is 4.79 Å². The van der Waals surface area contributed by atoms with Crippen molar-refractivity contribution in [2.75, 3.05) is 0 Å². The van der Waals surface area contributed by atoms with Gasteiger partial charge in [0.25, 0.3) is 0 Å². The van der Waals surface area contributed by atoms with E-state index in [0.29, 0.717) is 5.58 Å². The van der Waals surface area contributed by atoms with E-state index in [4.69, 9.17) is 13.9 Å². The fourth-order valence-corrected chi connectivity index (χ4v) is 3.24. The van der Waals surface area contributed by atoms with Gasteiger partial charge in [0.2, 0.25) is 0 Å². The van der Waals surface area contributed by atoms with Gasteiger partial charge in [-0.05, 0) is 71.1 Å². The molecule has 1 aromatic heterocycles. The summed E-state index contributed by atoms with van der Waals surface area (Å²) in [5.74, 6) is -0.403. The summed E-state index contributed by atoms with van der Waals surface area (Å²) >= 11 is 0. The number of alkyl carbamates (subject to hydrolysis) is 1. The van der Waals surface area contributed by atoms with Crippen molar-refractivity contribution in [3.8, 4) is 5.75 Å². The van der Waals surface area contributed by atoms with Crippen LogP contribution < -0.4 is 15.7 Å². The number of rotatable bonds is 3.